The molecule has 4 rings (SSSR count). The molecule has 0 radical (unpaired) electrons. The number of ether oxygens (including phenoxy) is 3. The van der Waals surface area contributed by atoms with Gasteiger partial charge in [-0.3, -0.25) is 0 Å². The van der Waals surface area contributed by atoms with Crippen LogP contribution in [0, 0.1) is 0 Å². The molecule has 0 aliphatic rings. The second-order valence-electron chi connectivity index (χ2n) is 9.70. The van der Waals surface area contributed by atoms with Crippen LogP contribution in [0.3, 0.4) is 0 Å². The third-order valence-corrected chi connectivity index (χ3v) is 5.40. The van der Waals surface area contributed by atoms with Gasteiger partial charge in [-0.15, -0.1) is 0 Å². The lowest BCUT2D eigenvalue weighted by Gasteiger charge is -2.23. The number of nitrogens with one attached hydrogen (secondary N) is 1. The van der Waals surface area contributed by atoms with Crippen molar-refractivity contribution in [2.75, 3.05) is 0 Å². The number of hydrogen-bond acceptors (Lipinski definition) is 7. The molecule has 0 aliphatic carbocycles. The highest BCUT2D eigenvalue weighted by atomic mass is 16.6. The summed E-state index contributed by atoms with van der Waals surface area (Å²) in [5, 5.41) is 3.29. The third kappa shape index (κ3) is 7.70. The maximum Gasteiger partial charge on any atom is 0.408 e. The van der Waals surface area contributed by atoms with Crippen LogP contribution in [0.5, 0.6) is 11.5 Å². The lowest BCUT2D eigenvalue weighted by molar-refractivity contribution is -0.136. The molecule has 1 heterocycles. The van der Waals surface area contributed by atoms with Crippen LogP contribution < -0.4 is 20.4 Å². The number of esters is 1. The van der Waals surface area contributed by atoms with Crippen molar-refractivity contribution in [3.63, 3.8) is 0 Å². The molecule has 0 saturated heterocycles. The molecule has 0 aliphatic heterocycles. The molecule has 8 heteroatoms. The monoisotopic (exact) mass is 515 g/mol. The molecule has 1 aromatic heterocycles. The SMILES string of the molecule is CC(C)(C)OC(=O)N[C@@H](Cc1ccc(OCc2ccccc2)cc1)C(=O)Oc1ccc2ccc(=O)oc2c1. The molecule has 1 N–H and O–H groups in total. The summed E-state index contributed by atoms with van der Waals surface area (Å²) in [6.45, 7) is 5.63. The van der Waals surface area contributed by atoms with E-state index in [1.807, 2.05) is 42.5 Å². The Balaban J connectivity index is 1.47. The first-order chi connectivity index (χ1) is 18.1. The molecule has 4 aromatic rings. The van der Waals surface area contributed by atoms with Crippen LogP contribution >= 0.6 is 0 Å². The van der Waals surface area contributed by atoms with Gasteiger partial charge in [0.05, 0.1) is 0 Å². The van der Waals surface area contributed by atoms with Gasteiger partial charge in [-0.25, -0.2) is 14.4 Å². The first-order valence-corrected chi connectivity index (χ1v) is 12.2. The molecule has 0 fully saturated rings. The van der Waals surface area contributed by atoms with Gasteiger partial charge in [0.1, 0.15) is 35.3 Å². The normalized spacial score (nSPS) is 12.0. The average molecular weight is 516 g/mol. The van der Waals surface area contributed by atoms with E-state index in [0.29, 0.717) is 17.7 Å². The molecule has 0 saturated carbocycles. The van der Waals surface area contributed by atoms with Crippen molar-refractivity contribution in [1.29, 1.82) is 0 Å². The zero-order valence-electron chi connectivity index (χ0n) is 21.4. The van der Waals surface area contributed by atoms with Gasteiger partial charge in [-0.1, -0.05) is 42.5 Å². The Bertz CT molecular complexity index is 1450. The third-order valence-electron chi connectivity index (χ3n) is 5.40. The van der Waals surface area contributed by atoms with Crippen molar-refractivity contribution < 1.29 is 28.2 Å². The second-order valence-corrected chi connectivity index (χ2v) is 9.70. The Hall–Kier alpha value is -4.59. The van der Waals surface area contributed by atoms with Gasteiger partial charge in [0.25, 0.3) is 0 Å². The van der Waals surface area contributed by atoms with E-state index in [1.54, 1.807) is 51.1 Å². The molecule has 8 nitrogen and oxygen atoms in total. The minimum absolute atomic E-state index is 0.152. The van der Waals surface area contributed by atoms with Gasteiger partial charge in [0.2, 0.25) is 0 Å². The van der Waals surface area contributed by atoms with E-state index in [2.05, 4.69) is 5.32 Å². The molecule has 1 amide bonds. The van der Waals surface area contributed by atoms with Crippen molar-refractivity contribution >= 4 is 23.0 Å². The summed E-state index contributed by atoms with van der Waals surface area (Å²) in [5.74, 6) is 0.157. The summed E-state index contributed by atoms with van der Waals surface area (Å²) in [5.41, 5.74) is 0.854. The number of rotatable bonds is 8. The fraction of sp³-hybridized carbons (Fsp3) is 0.233. The average Bonchev–Trinajstić information content (AvgIpc) is 2.87. The largest absolute Gasteiger partial charge is 0.489 e. The van der Waals surface area contributed by atoms with Crippen LogP contribution in [0.4, 0.5) is 4.79 Å². The molecule has 196 valence electrons. The predicted octanol–water partition coefficient (Wildman–Crippen LogP) is 5.41. The molecule has 0 unspecified atom stereocenters. The van der Waals surface area contributed by atoms with Gasteiger partial charge in [-0.2, -0.15) is 0 Å². The van der Waals surface area contributed by atoms with Crippen LogP contribution in [-0.2, 0) is 22.6 Å². The second kappa shape index (κ2) is 11.6. The topological polar surface area (TPSA) is 104 Å². The maximum atomic E-state index is 13.1. The van der Waals surface area contributed by atoms with Crippen LogP contribution in [0.25, 0.3) is 11.0 Å². The van der Waals surface area contributed by atoms with Crippen molar-refractivity contribution in [2.45, 2.75) is 45.4 Å². The predicted molar refractivity (Wildman–Crippen MR) is 142 cm³/mol. The van der Waals surface area contributed by atoms with Gasteiger partial charge in [0.15, 0.2) is 0 Å². The zero-order valence-corrected chi connectivity index (χ0v) is 21.4. The molecular weight excluding hydrogens is 486 g/mol. The van der Waals surface area contributed by atoms with Gasteiger partial charge in [0, 0.05) is 23.9 Å². The van der Waals surface area contributed by atoms with E-state index in [1.165, 1.54) is 12.1 Å². The van der Waals surface area contributed by atoms with E-state index in [-0.39, 0.29) is 17.8 Å². The number of hydrogen-bond donors (Lipinski definition) is 1. The summed E-state index contributed by atoms with van der Waals surface area (Å²) < 4.78 is 21.9. The highest BCUT2D eigenvalue weighted by Crippen LogP contribution is 2.21. The Morgan fingerprint density at radius 3 is 2.26 bits per heavy atom. The quantitative estimate of drug-likeness (QED) is 0.190. The van der Waals surface area contributed by atoms with Crippen molar-refractivity contribution in [2.24, 2.45) is 0 Å². The Kier molecular flexibility index (Phi) is 8.11. The van der Waals surface area contributed by atoms with E-state index >= 15 is 0 Å². The minimum Gasteiger partial charge on any atom is -0.489 e. The van der Waals surface area contributed by atoms with Crippen LogP contribution in [0.1, 0.15) is 31.9 Å². The maximum absolute atomic E-state index is 13.1. The zero-order chi connectivity index (χ0) is 27.1. The van der Waals surface area contributed by atoms with Crippen LogP contribution in [0.2, 0.25) is 0 Å². The number of carbonyl (C=O) groups excluding carboxylic acids is 2. The van der Waals surface area contributed by atoms with E-state index < -0.39 is 29.3 Å². The Labute approximate surface area is 220 Å². The molecule has 1 atom stereocenters. The van der Waals surface area contributed by atoms with E-state index in [9.17, 15) is 14.4 Å². The van der Waals surface area contributed by atoms with Gasteiger partial charge >= 0.3 is 17.7 Å². The molecule has 3 aromatic carbocycles. The summed E-state index contributed by atoms with van der Waals surface area (Å²) >= 11 is 0. The van der Waals surface area contributed by atoms with Gasteiger partial charge in [-0.05, 0) is 62.2 Å². The van der Waals surface area contributed by atoms with E-state index in [0.717, 1.165) is 11.1 Å². The first-order valence-electron chi connectivity index (χ1n) is 12.2. The highest BCUT2D eigenvalue weighted by molar-refractivity contribution is 5.85. The Morgan fingerprint density at radius 1 is 0.868 bits per heavy atom. The summed E-state index contributed by atoms with van der Waals surface area (Å²) in [7, 11) is 0. The van der Waals surface area contributed by atoms with Gasteiger partial charge < -0.3 is 23.9 Å². The molecule has 0 bridgehead atoms. The standard InChI is InChI=1S/C30H29NO7/c1-30(2,3)38-29(34)31-25(28(33)36-24-15-11-22-12-16-27(32)37-26(22)18-24)17-20-9-13-23(14-10-20)35-19-21-7-5-4-6-8-21/h4-16,18,25H,17,19H2,1-3H3,(H,31,34)/t25-/m0/s1. The first kappa shape index (κ1) is 26.5. The number of amides is 1. The van der Waals surface area contributed by atoms with Crippen molar-refractivity contribution in [1.82, 2.24) is 5.32 Å². The fourth-order valence-corrected chi connectivity index (χ4v) is 3.63. The van der Waals surface area contributed by atoms with E-state index in [4.69, 9.17) is 18.6 Å². The highest BCUT2D eigenvalue weighted by Gasteiger charge is 2.26. The number of fused-ring (bicyclic) bond motifs is 1. The van der Waals surface area contributed by atoms with Crippen LogP contribution in [0.15, 0.2) is 94.1 Å². The molecule has 0 spiro atoms. The number of benzene rings is 3. The number of alkyl carbamates (subject to hydrolysis) is 1. The molecular formula is C30H29NO7. The summed E-state index contributed by atoms with van der Waals surface area (Å²) in [6.07, 6.45) is -0.591. The summed E-state index contributed by atoms with van der Waals surface area (Å²) in [4.78, 5) is 37.2. The smallest absolute Gasteiger partial charge is 0.408 e. The number of carbonyl (C=O) groups is 2. The fourth-order valence-electron chi connectivity index (χ4n) is 3.63. The summed E-state index contributed by atoms with van der Waals surface area (Å²) in [6, 6.07) is 23.7. The van der Waals surface area contributed by atoms with Crippen molar-refractivity contribution in [3.05, 3.63) is 106 Å². The Morgan fingerprint density at radius 2 is 1.55 bits per heavy atom. The molecule has 38 heavy (non-hydrogen) atoms. The van der Waals surface area contributed by atoms with Crippen molar-refractivity contribution in [3.8, 4) is 11.5 Å². The lowest BCUT2D eigenvalue weighted by atomic mass is 10.1. The minimum atomic E-state index is -1.04. The van der Waals surface area contributed by atoms with Crippen LogP contribution in [-0.4, -0.2) is 23.7 Å². The lowest BCUT2D eigenvalue weighted by Crippen LogP contribution is -2.46.